The van der Waals surface area contributed by atoms with Gasteiger partial charge in [0.15, 0.2) is 0 Å². The summed E-state index contributed by atoms with van der Waals surface area (Å²) in [5.74, 6) is 0. The van der Waals surface area contributed by atoms with E-state index in [9.17, 15) is 9.90 Å². The van der Waals surface area contributed by atoms with Crippen LogP contribution in [0.3, 0.4) is 0 Å². The first-order valence-electron chi connectivity index (χ1n) is 9.78. The highest BCUT2D eigenvalue weighted by Crippen LogP contribution is 2.33. The van der Waals surface area contributed by atoms with E-state index in [1.165, 1.54) is 11.1 Å². The average molecular weight is 365 g/mol. The summed E-state index contributed by atoms with van der Waals surface area (Å²) >= 11 is 0. The fourth-order valence-electron chi connectivity index (χ4n) is 4.31. The molecule has 2 fully saturated rings. The zero-order chi connectivity index (χ0) is 18.6. The number of carboxylic acid groups (broad SMARTS) is 1. The largest absolute Gasteiger partial charge is 0.465 e. The Bertz CT molecular complexity index is 707. The summed E-state index contributed by atoms with van der Waals surface area (Å²) in [5.41, 5.74) is 2.66. The van der Waals surface area contributed by atoms with Gasteiger partial charge in [-0.25, -0.2) is 4.79 Å². The minimum absolute atomic E-state index is 0.283. The molecule has 1 amide bonds. The van der Waals surface area contributed by atoms with Crippen LogP contribution < -0.4 is 0 Å². The van der Waals surface area contributed by atoms with E-state index in [2.05, 4.69) is 70.5 Å². The predicted molar refractivity (Wildman–Crippen MR) is 106 cm³/mol. The highest BCUT2D eigenvalue weighted by Gasteiger charge is 2.37. The van der Waals surface area contributed by atoms with Gasteiger partial charge in [-0.2, -0.15) is 0 Å². The molecule has 0 saturated carbocycles. The van der Waals surface area contributed by atoms with Crippen molar-refractivity contribution in [3.05, 3.63) is 71.8 Å². The van der Waals surface area contributed by atoms with E-state index < -0.39 is 6.09 Å². The molecule has 142 valence electrons. The summed E-state index contributed by atoms with van der Waals surface area (Å²) in [6.07, 6.45) is 0.129. The summed E-state index contributed by atoms with van der Waals surface area (Å²) in [5, 5.41) is 9.23. The Kier molecular flexibility index (Phi) is 5.41. The van der Waals surface area contributed by atoms with E-state index in [-0.39, 0.29) is 6.04 Å². The normalized spacial score (nSPS) is 19.7. The SMILES string of the molecule is O=C(O)N1CCCN(C2CN(C(c3ccccc3)c3ccccc3)C2)CC1. The van der Waals surface area contributed by atoms with Crippen molar-refractivity contribution < 1.29 is 9.90 Å². The van der Waals surface area contributed by atoms with Crippen molar-refractivity contribution in [2.45, 2.75) is 18.5 Å². The van der Waals surface area contributed by atoms with E-state index in [0.29, 0.717) is 19.1 Å². The van der Waals surface area contributed by atoms with Crippen LogP contribution in [0, 0.1) is 0 Å². The molecule has 5 heteroatoms. The van der Waals surface area contributed by atoms with E-state index in [1.54, 1.807) is 4.90 Å². The van der Waals surface area contributed by atoms with E-state index in [1.807, 2.05) is 0 Å². The molecule has 0 spiro atoms. The Morgan fingerprint density at radius 1 is 0.852 bits per heavy atom. The first-order valence-corrected chi connectivity index (χ1v) is 9.78. The van der Waals surface area contributed by atoms with Gasteiger partial charge in [-0.05, 0) is 17.5 Å². The van der Waals surface area contributed by atoms with Crippen LogP contribution in [0.5, 0.6) is 0 Å². The zero-order valence-corrected chi connectivity index (χ0v) is 15.6. The van der Waals surface area contributed by atoms with Crippen molar-refractivity contribution in [3.63, 3.8) is 0 Å². The highest BCUT2D eigenvalue weighted by atomic mass is 16.4. The van der Waals surface area contributed by atoms with Gasteiger partial charge in [0, 0.05) is 45.3 Å². The number of hydrogen-bond acceptors (Lipinski definition) is 3. The van der Waals surface area contributed by atoms with Crippen LogP contribution in [0.1, 0.15) is 23.6 Å². The maximum Gasteiger partial charge on any atom is 0.407 e. The van der Waals surface area contributed by atoms with Gasteiger partial charge in [0.2, 0.25) is 0 Å². The summed E-state index contributed by atoms with van der Waals surface area (Å²) in [7, 11) is 0. The first kappa shape index (κ1) is 18.0. The molecule has 0 aliphatic carbocycles. The first-order chi connectivity index (χ1) is 13.2. The third kappa shape index (κ3) is 3.99. The lowest BCUT2D eigenvalue weighted by atomic mass is 9.92. The molecular weight excluding hydrogens is 338 g/mol. The lowest BCUT2D eigenvalue weighted by molar-refractivity contribution is 0.0162. The van der Waals surface area contributed by atoms with Gasteiger partial charge in [-0.15, -0.1) is 0 Å². The van der Waals surface area contributed by atoms with Crippen molar-refractivity contribution in [2.75, 3.05) is 39.3 Å². The van der Waals surface area contributed by atoms with Gasteiger partial charge < -0.3 is 10.0 Å². The molecule has 1 N–H and O–H groups in total. The molecule has 2 aromatic rings. The monoisotopic (exact) mass is 365 g/mol. The van der Waals surface area contributed by atoms with Crippen molar-refractivity contribution in [1.29, 1.82) is 0 Å². The minimum Gasteiger partial charge on any atom is -0.465 e. The quantitative estimate of drug-likeness (QED) is 0.904. The highest BCUT2D eigenvalue weighted by molar-refractivity contribution is 5.64. The van der Waals surface area contributed by atoms with Crippen molar-refractivity contribution in [1.82, 2.24) is 14.7 Å². The maximum atomic E-state index is 11.2. The molecule has 2 aromatic carbocycles. The minimum atomic E-state index is -0.791. The number of likely N-dealkylation sites (tertiary alicyclic amines) is 1. The molecular formula is C22H27N3O2. The number of nitrogens with zero attached hydrogens (tertiary/aromatic N) is 3. The molecule has 2 aliphatic heterocycles. The topological polar surface area (TPSA) is 47.0 Å². The second-order valence-electron chi connectivity index (χ2n) is 7.49. The molecule has 0 radical (unpaired) electrons. The van der Waals surface area contributed by atoms with Crippen LogP contribution in [0.4, 0.5) is 4.79 Å². The van der Waals surface area contributed by atoms with Gasteiger partial charge in [0.05, 0.1) is 6.04 Å². The number of benzene rings is 2. The van der Waals surface area contributed by atoms with Gasteiger partial charge in [-0.1, -0.05) is 60.7 Å². The van der Waals surface area contributed by atoms with Crippen LogP contribution in [0.15, 0.2) is 60.7 Å². The molecule has 27 heavy (non-hydrogen) atoms. The van der Waals surface area contributed by atoms with Crippen LogP contribution >= 0.6 is 0 Å². The smallest absolute Gasteiger partial charge is 0.407 e. The Morgan fingerprint density at radius 2 is 1.44 bits per heavy atom. The summed E-state index contributed by atoms with van der Waals surface area (Å²) in [4.78, 5) is 17.8. The standard InChI is InChI=1S/C22H27N3O2/c26-22(27)24-13-7-12-23(14-15-24)20-16-25(17-20)21(18-8-3-1-4-9-18)19-10-5-2-6-11-19/h1-6,8-11,20-21H,7,12-17H2,(H,26,27). The van der Waals surface area contributed by atoms with Gasteiger partial charge in [-0.3, -0.25) is 9.80 Å². The van der Waals surface area contributed by atoms with Crippen molar-refractivity contribution in [2.24, 2.45) is 0 Å². The van der Waals surface area contributed by atoms with Gasteiger partial charge in [0.1, 0.15) is 0 Å². The van der Waals surface area contributed by atoms with E-state index in [4.69, 9.17) is 0 Å². The second-order valence-corrected chi connectivity index (χ2v) is 7.49. The third-order valence-electron chi connectivity index (χ3n) is 5.80. The summed E-state index contributed by atoms with van der Waals surface area (Å²) in [6, 6.07) is 22.2. The Hall–Kier alpha value is -2.37. The van der Waals surface area contributed by atoms with Crippen molar-refractivity contribution in [3.8, 4) is 0 Å². The van der Waals surface area contributed by atoms with Crippen LogP contribution in [0.2, 0.25) is 0 Å². The van der Waals surface area contributed by atoms with Crippen LogP contribution in [-0.2, 0) is 0 Å². The fourth-order valence-corrected chi connectivity index (χ4v) is 4.31. The molecule has 0 atom stereocenters. The number of carbonyl (C=O) groups is 1. The Morgan fingerprint density at radius 3 is 2.00 bits per heavy atom. The maximum absolute atomic E-state index is 11.2. The van der Waals surface area contributed by atoms with Gasteiger partial charge >= 0.3 is 6.09 Å². The number of hydrogen-bond donors (Lipinski definition) is 1. The average Bonchev–Trinajstić information content (AvgIpc) is 2.92. The van der Waals surface area contributed by atoms with Crippen LogP contribution in [0.25, 0.3) is 0 Å². The lowest BCUT2D eigenvalue weighted by Gasteiger charge is -2.49. The predicted octanol–water partition coefficient (Wildman–Crippen LogP) is 3.15. The molecule has 0 bridgehead atoms. The second kappa shape index (κ2) is 8.11. The summed E-state index contributed by atoms with van der Waals surface area (Å²) in [6.45, 7) is 5.16. The lowest BCUT2D eigenvalue weighted by Crippen LogP contribution is -2.60. The molecule has 4 rings (SSSR count). The number of rotatable bonds is 4. The molecule has 2 heterocycles. The van der Waals surface area contributed by atoms with Crippen LogP contribution in [-0.4, -0.2) is 71.2 Å². The third-order valence-corrected chi connectivity index (χ3v) is 5.80. The Balaban J connectivity index is 1.44. The number of amides is 1. The molecule has 2 saturated heterocycles. The van der Waals surface area contributed by atoms with E-state index in [0.717, 1.165) is 32.6 Å². The van der Waals surface area contributed by atoms with Gasteiger partial charge in [0.25, 0.3) is 0 Å². The molecule has 2 aliphatic rings. The fraction of sp³-hybridized carbons (Fsp3) is 0.409. The Labute approximate surface area is 160 Å². The molecule has 0 aromatic heterocycles. The van der Waals surface area contributed by atoms with E-state index >= 15 is 0 Å². The summed E-state index contributed by atoms with van der Waals surface area (Å²) < 4.78 is 0. The van der Waals surface area contributed by atoms with Crippen molar-refractivity contribution >= 4 is 6.09 Å². The molecule has 0 unspecified atom stereocenters. The molecule has 5 nitrogen and oxygen atoms in total. The zero-order valence-electron chi connectivity index (χ0n) is 15.6.